The number of rotatable bonds is 7. The number of alkyl halides is 2. The Morgan fingerprint density at radius 1 is 0.818 bits per heavy atom. The van der Waals surface area contributed by atoms with Gasteiger partial charge in [0.1, 0.15) is 0 Å². The molecule has 0 aromatic heterocycles. The molecule has 8 heteroatoms. The Morgan fingerprint density at radius 2 is 1.43 bits per heavy atom. The molecule has 0 saturated heterocycles. The average Bonchev–Trinajstić information content (AvgIpc) is 3.15. The zero-order valence-corrected chi connectivity index (χ0v) is 24.6. The number of carbonyl (C=O) groups excluding carboxylic acids is 3. The molecule has 224 valence electrons. The van der Waals surface area contributed by atoms with Crippen molar-refractivity contribution in [3.63, 3.8) is 0 Å². The fourth-order valence-electron chi connectivity index (χ4n) is 5.49. The Bertz CT molecular complexity index is 1700. The van der Waals surface area contributed by atoms with Gasteiger partial charge in [0.15, 0.2) is 0 Å². The molecule has 0 saturated carbocycles. The van der Waals surface area contributed by atoms with E-state index < -0.39 is 35.6 Å². The number of nitrogens with one attached hydrogen (secondary N) is 1. The first-order valence-electron chi connectivity index (χ1n) is 14.6. The largest absolute Gasteiger partial charge is 0.340 e. The van der Waals surface area contributed by atoms with Crippen LogP contribution in [0.25, 0.3) is 16.7 Å². The van der Waals surface area contributed by atoms with E-state index in [4.69, 9.17) is 0 Å². The van der Waals surface area contributed by atoms with Crippen molar-refractivity contribution in [3.8, 4) is 11.1 Å². The zero-order valence-electron chi connectivity index (χ0n) is 24.6. The first-order chi connectivity index (χ1) is 21.2. The van der Waals surface area contributed by atoms with Gasteiger partial charge in [-0.15, -0.1) is 0 Å². The van der Waals surface area contributed by atoms with Crippen LogP contribution in [0.1, 0.15) is 46.5 Å². The van der Waals surface area contributed by atoms with Crippen LogP contribution in [-0.2, 0) is 4.79 Å². The molecular weight excluding hydrogens is 560 g/mol. The minimum atomic E-state index is -3.37. The molecule has 0 unspecified atom stereocenters. The number of hydrogen-bond acceptors (Lipinski definition) is 3. The van der Waals surface area contributed by atoms with E-state index in [2.05, 4.69) is 5.32 Å². The Hall–Kier alpha value is -5.11. The second kappa shape index (κ2) is 13.0. The summed E-state index contributed by atoms with van der Waals surface area (Å²) in [6.07, 6.45) is 0.323. The number of likely N-dealkylation sites (N-methyl/N-ethyl adjacent to an activating group) is 1. The molecule has 1 heterocycles. The standard InChI is InChI=1S/C36H33F2N3O3/c1-3-40(4-2)32(42)24-30-27-18-11-12-21-31(27)41(23-22-36(30,37)38)35(44)29-20-13-19-28(33(29)25-14-7-5-8-15-25)34(43)39-26-16-9-6-10-17-26/h5-21,24H,3-4,22-23H2,1-2H3,(H,39,43). The fraction of sp³-hybridized carbons (Fsp3) is 0.194. The molecule has 0 atom stereocenters. The van der Waals surface area contributed by atoms with E-state index in [0.717, 1.165) is 6.08 Å². The lowest BCUT2D eigenvalue weighted by molar-refractivity contribution is -0.125. The smallest absolute Gasteiger partial charge is 0.275 e. The van der Waals surface area contributed by atoms with Gasteiger partial charge in [-0.1, -0.05) is 72.8 Å². The van der Waals surface area contributed by atoms with Gasteiger partial charge in [-0.3, -0.25) is 14.4 Å². The molecule has 1 N–H and O–H groups in total. The predicted octanol–water partition coefficient (Wildman–Crippen LogP) is 7.54. The molecule has 4 aromatic carbocycles. The highest BCUT2D eigenvalue weighted by molar-refractivity contribution is 6.17. The molecule has 0 radical (unpaired) electrons. The third-order valence-corrected chi connectivity index (χ3v) is 7.75. The summed E-state index contributed by atoms with van der Waals surface area (Å²) < 4.78 is 31.5. The van der Waals surface area contributed by atoms with Crippen molar-refractivity contribution < 1.29 is 23.2 Å². The highest BCUT2D eigenvalue weighted by Gasteiger charge is 2.42. The van der Waals surface area contributed by atoms with E-state index in [1.54, 1.807) is 98.8 Å². The van der Waals surface area contributed by atoms with Crippen LogP contribution in [0.3, 0.4) is 0 Å². The van der Waals surface area contributed by atoms with Gasteiger partial charge in [0.2, 0.25) is 5.91 Å². The molecule has 1 aliphatic rings. The summed E-state index contributed by atoms with van der Waals surface area (Å²) in [6, 6.07) is 29.3. The van der Waals surface area contributed by atoms with E-state index in [0.29, 0.717) is 29.9 Å². The maximum Gasteiger partial charge on any atom is 0.275 e. The lowest BCUT2D eigenvalue weighted by Crippen LogP contribution is -2.34. The predicted molar refractivity (Wildman–Crippen MR) is 170 cm³/mol. The summed E-state index contributed by atoms with van der Waals surface area (Å²) in [4.78, 5) is 43.8. The molecule has 0 fully saturated rings. The van der Waals surface area contributed by atoms with Gasteiger partial charge in [-0.2, -0.15) is 0 Å². The minimum Gasteiger partial charge on any atom is -0.340 e. The number of benzene rings is 4. The molecule has 3 amide bonds. The van der Waals surface area contributed by atoms with Gasteiger partial charge in [-0.05, 0) is 49.7 Å². The van der Waals surface area contributed by atoms with Gasteiger partial charge < -0.3 is 15.1 Å². The van der Waals surface area contributed by atoms with Crippen LogP contribution in [0, 0.1) is 0 Å². The van der Waals surface area contributed by atoms with Crippen LogP contribution >= 0.6 is 0 Å². The second-order valence-electron chi connectivity index (χ2n) is 10.4. The normalized spacial score (nSPS) is 14.8. The van der Waals surface area contributed by atoms with Crippen LogP contribution in [0.4, 0.5) is 20.2 Å². The van der Waals surface area contributed by atoms with Gasteiger partial charge >= 0.3 is 0 Å². The number of allylic oxidation sites excluding steroid dienone is 1. The summed E-state index contributed by atoms with van der Waals surface area (Å²) in [7, 11) is 0. The van der Waals surface area contributed by atoms with E-state index in [1.807, 2.05) is 12.1 Å². The Balaban J connectivity index is 1.62. The quantitative estimate of drug-likeness (QED) is 0.225. The highest BCUT2D eigenvalue weighted by Crippen LogP contribution is 2.44. The van der Waals surface area contributed by atoms with Crippen molar-refractivity contribution in [1.29, 1.82) is 0 Å². The number of carbonyl (C=O) groups is 3. The SMILES string of the molecule is CCN(CC)C(=O)C=C1c2ccccc2N(C(=O)c2cccc(C(=O)Nc3ccccc3)c2-c2ccccc2)CCC1(F)F. The minimum absolute atomic E-state index is 0.114. The molecule has 4 aromatic rings. The Labute approximate surface area is 255 Å². The third kappa shape index (κ3) is 6.15. The fourth-order valence-corrected chi connectivity index (χ4v) is 5.49. The Morgan fingerprint density at radius 3 is 2.11 bits per heavy atom. The molecule has 6 nitrogen and oxygen atoms in total. The van der Waals surface area contributed by atoms with E-state index in [9.17, 15) is 14.4 Å². The molecule has 44 heavy (non-hydrogen) atoms. The van der Waals surface area contributed by atoms with Crippen LogP contribution < -0.4 is 10.2 Å². The summed E-state index contributed by atoms with van der Waals surface area (Å²) in [6.45, 7) is 4.05. The number of hydrogen-bond donors (Lipinski definition) is 1. The third-order valence-electron chi connectivity index (χ3n) is 7.75. The van der Waals surface area contributed by atoms with Gasteiger partial charge in [-0.25, -0.2) is 8.78 Å². The van der Waals surface area contributed by atoms with Crippen molar-refractivity contribution in [2.75, 3.05) is 29.9 Å². The lowest BCUT2D eigenvalue weighted by atomic mass is 9.92. The average molecular weight is 594 g/mol. The number of anilines is 2. The van der Waals surface area contributed by atoms with Crippen LogP contribution in [0.5, 0.6) is 0 Å². The molecule has 5 rings (SSSR count). The number of para-hydroxylation sites is 2. The first kappa shape index (κ1) is 30.4. The maximum absolute atomic E-state index is 15.8. The number of halogens is 2. The van der Waals surface area contributed by atoms with E-state index in [1.165, 1.54) is 15.9 Å². The van der Waals surface area contributed by atoms with Crippen molar-refractivity contribution in [2.45, 2.75) is 26.2 Å². The molecule has 0 spiro atoms. The molecular formula is C36H33F2N3O3. The zero-order chi connectivity index (χ0) is 31.3. The number of fused-ring (bicyclic) bond motifs is 1. The number of amides is 3. The molecule has 1 aliphatic heterocycles. The maximum atomic E-state index is 15.8. The van der Waals surface area contributed by atoms with Crippen molar-refractivity contribution in [2.24, 2.45) is 0 Å². The van der Waals surface area contributed by atoms with Crippen LogP contribution in [-0.4, -0.2) is 48.2 Å². The van der Waals surface area contributed by atoms with Crippen LogP contribution in [0.15, 0.2) is 109 Å². The number of nitrogens with zero attached hydrogens (tertiary/aromatic N) is 2. The van der Waals surface area contributed by atoms with Crippen molar-refractivity contribution >= 4 is 34.7 Å². The Kier molecular flexibility index (Phi) is 8.99. The molecule has 0 aliphatic carbocycles. The summed E-state index contributed by atoms with van der Waals surface area (Å²) in [5.41, 5.74) is 2.05. The molecule has 0 bridgehead atoms. The lowest BCUT2D eigenvalue weighted by Gasteiger charge is -2.25. The summed E-state index contributed by atoms with van der Waals surface area (Å²) >= 11 is 0. The van der Waals surface area contributed by atoms with Gasteiger partial charge in [0, 0.05) is 65.6 Å². The summed E-state index contributed by atoms with van der Waals surface area (Å²) in [5.74, 6) is -4.82. The topological polar surface area (TPSA) is 69.7 Å². The summed E-state index contributed by atoms with van der Waals surface area (Å²) in [5, 5.41) is 2.89. The van der Waals surface area contributed by atoms with Crippen LogP contribution in [0.2, 0.25) is 0 Å². The van der Waals surface area contributed by atoms with E-state index >= 15 is 8.78 Å². The highest BCUT2D eigenvalue weighted by atomic mass is 19.3. The monoisotopic (exact) mass is 593 g/mol. The second-order valence-corrected chi connectivity index (χ2v) is 10.4. The van der Waals surface area contributed by atoms with Gasteiger partial charge in [0.05, 0.1) is 5.69 Å². The van der Waals surface area contributed by atoms with Crippen molar-refractivity contribution in [1.82, 2.24) is 4.90 Å². The van der Waals surface area contributed by atoms with E-state index in [-0.39, 0.29) is 28.9 Å². The van der Waals surface area contributed by atoms with Gasteiger partial charge in [0.25, 0.3) is 17.7 Å². The first-order valence-corrected chi connectivity index (χ1v) is 14.6. The van der Waals surface area contributed by atoms with Crippen molar-refractivity contribution in [3.05, 3.63) is 126 Å².